The van der Waals surface area contributed by atoms with Crippen LogP contribution in [-0.4, -0.2) is 11.1 Å². The van der Waals surface area contributed by atoms with Crippen molar-refractivity contribution >= 4 is 5.57 Å². The fourth-order valence-corrected chi connectivity index (χ4v) is 1.92. The van der Waals surface area contributed by atoms with E-state index in [0.717, 1.165) is 12.1 Å². The Hall–Kier alpha value is -1.02. The summed E-state index contributed by atoms with van der Waals surface area (Å²) >= 11 is 0. The maximum absolute atomic E-state index is 5.62. The third kappa shape index (κ3) is 2.51. The number of hydrogen-bond donors (Lipinski definition) is 1. The molecule has 0 spiro atoms. The fraction of sp³-hybridized carbons (Fsp3) is 0.538. The van der Waals surface area contributed by atoms with Gasteiger partial charge in [0.1, 0.15) is 0 Å². The van der Waals surface area contributed by atoms with E-state index in [2.05, 4.69) is 44.9 Å². The van der Waals surface area contributed by atoms with E-state index in [1.807, 2.05) is 0 Å². The van der Waals surface area contributed by atoms with Gasteiger partial charge in [-0.05, 0) is 37.0 Å². The largest absolute Gasteiger partial charge is 0.348 e. The van der Waals surface area contributed by atoms with Crippen LogP contribution in [0.4, 0.5) is 0 Å². The van der Waals surface area contributed by atoms with Crippen LogP contribution in [0.5, 0.6) is 0 Å². The first-order valence-electron chi connectivity index (χ1n) is 5.52. The maximum Gasteiger partial charge on any atom is 0.0247 e. The van der Waals surface area contributed by atoms with Gasteiger partial charge in [-0.3, -0.25) is 0 Å². The number of hydrogen-bond acceptors (Lipinski definition) is 1. The highest BCUT2D eigenvalue weighted by atomic mass is 15.0. The van der Waals surface area contributed by atoms with Crippen LogP contribution in [0.25, 0.3) is 5.57 Å². The molecule has 0 bridgehead atoms. The van der Waals surface area contributed by atoms with Crippen molar-refractivity contribution in [1.29, 1.82) is 0 Å². The molecular formula is C13H22N2. The molecule has 0 saturated heterocycles. The molecule has 84 valence electrons. The molecule has 0 radical (unpaired) electrons. The van der Waals surface area contributed by atoms with Crippen LogP contribution >= 0.6 is 0 Å². The average Bonchev–Trinajstić information content (AvgIpc) is 2.44. The van der Waals surface area contributed by atoms with E-state index in [9.17, 15) is 0 Å². The van der Waals surface area contributed by atoms with Gasteiger partial charge >= 0.3 is 0 Å². The Morgan fingerprint density at radius 1 is 1.47 bits per heavy atom. The lowest BCUT2D eigenvalue weighted by atomic mass is 10.1. The van der Waals surface area contributed by atoms with Crippen molar-refractivity contribution in [2.24, 2.45) is 11.7 Å². The van der Waals surface area contributed by atoms with Crippen molar-refractivity contribution in [3.63, 3.8) is 0 Å². The molecule has 0 aliphatic heterocycles. The van der Waals surface area contributed by atoms with Crippen molar-refractivity contribution in [2.75, 3.05) is 6.54 Å². The summed E-state index contributed by atoms with van der Waals surface area (Å²) < 4.78 is 2.35. The van der Waals surface area contributed by atoms with Gasteiger partial charge in [0.05, 0.1) is 0 Å². The molecule has 0 saturated carbocycles. The topological polar surface area (TPSA) is 30.9 Å². The van der Waals surface area contributed by atoms with Crippen molar-refractivity contribution in [1.82, 2.24) is 4.57 Å². The minimum absolute atomic E-state index is 0.534. The number of nitrogens with two attached hydrogens (primary N) is 1. The Morgan fingerprint density at radius 2 is 2.07 bits per heavy atom. The summed E-state index contributed by atoms with van der Waals surface area (Å²) in [4.78, 5) is 0. The molecule has 15 heavy (non-hydrogen) atoms. The minimum atomic E-state index is 0.534. The summed E-state index contributed by atoms with van der Waals surface area (Å²) in [6.07, 6.45) is 0. The van der Waals surface area contributed by atoms with E-state index in [4.69, 9.17) is 5.73 Å². The number of aromatic nitrogens is 1. The average molecular weight is 206 g/mol. The molecule has 0 aliphatic carbocycles. The molecule has 2 N–H and O–H groups in total. The first-order valence-corrected chi connectivity index (χ1v) is 5.52. The Kier molecular flexibility index (Phi) is 3.75. The first-order chi connectivity index (χ1) is 6.97. The predicted octanol–water partition coefficient (Wildman–Crippen LogP) is 2.73. The Balaban J connectivity index is 3.08. The Bertz CT molecular complexity index is 359. The fourth-order valence-electron chi connectivity index (χ4n) is 1.92. The van der Waals surface area contributed by atoms with E-state index in [0.29, 0.717) is 12.5 Å². The van der Waals surface area contributed by atoms with Crippen molar-refractivity contribution in [3.05, 3.63) is 29.6 Å². The van der Waals surface area contributed by atoms with Crippen molar-refractivity contribution < 1.29 is 0 Å². The standard InChI is InChI=1S/C13H22N2/c1-9(2)8-15-11(4)6-13(12(15)5)10(3)7-14/h6,9H,3,7-8,14H2,1-2,4-5H3. The normalized spacial score (nSPS) is 11.1. The first kappa shape index (κ1) is 12.1. The van der Waals surface area contributed by atoms with Crippen LogP contribution in [0.3, 0.4) is 0 Å². The van der Waals surface area contributed by atoms with Gasteiger partial charge < -0.3 is 10.3 Å². The summed E-state index contributed by atoms with van der Waals surface area (Å²) in [6.45, 7) is 14.3. The van der Waals surface area contributed by atoms with Crippen LogP contribution in [0.15, 0.2) is 12.6 Å². The molecule has 2 heteroatoms. The molecule has 2 nitrogen and oxygen atoms in total. The summed E-state index contributed by atoms with van der Waals surface area (Å²) in [6, 6.07) is 2.19. The van der Waals surface area contributed by atoms with Gasteiger partial charge in [-0.15, -0.1) is 0 Å². The molecule has 1 heterocycles. The second-order valence-corrected chi connectivity index (χ2v) is 4.60. The zero-order valence-corrected chi connectivity index (χ0v) is 10.3. The molecule has 0 unspecified atom stereocenters. The summed E-state index contributed by atoms with van der Waals surface area (Å²) in [5.74, 6) is 0.661. The second kappa shape index (κ2) is 4.67. The smallest absolute Gasteiger partial charge is 0.0247 e. The quantitative estimate of drug-likeness (QED) is 0.807. The van der Waals surface area contributed by atoms with Crippen molar-refractivity contribution in [2.45, 2.75) is 34.2 Å². The van der Waals surface area contributed by atoms with Crippen LogP contribution in [0, 0.1) is 19.8 Å². The zero-order valence-electron chi connectivity index (χ0n) is 10.3. The number of aryl methyl sites for hydroxylation is 1. The zero-order chi connectivity index (χ0) is 11.6. The molecule has 0 atom stereocenters. The van der Waals surface area contributed by atoms with Crippen LogP contribution in [0.2, 0.25) is 0 Å². The van der Waals surface area contributed by atoms with Crippen LogP contribution in [-0.2, 0) is 6.54 Å². The molecular weight excluding hydrogens is 184 g/mol. The minimum Gasteiger partial charge on any atom is -0.348 e. The van der Waals surface area contributed by atoms with Gasteiger partial charge in [0.2, 0.25) is 0 Å². The highest BCUT2D eigenvalue weighted by molar-refractivity contribution is 5.67. The monoisotopic (exact) mass is 206 g/mol. The maximum atomic E-state index is 5.62. The summed E-state index contributed by atoms with van der Waals surface area (Å²) in [7, 11) is 0. The molecule has 0 fully saturated rings. The highest BCUT2D eigenvalue weighted by Gasteiger charge is 2.11. The SMILES string of the molecule is C=C(CN)c1cc(C)n(CC(C)C)c1C. The summed E-state index contributed by atoms with van der Waals surface area (Å²) in [5, 5.41) is 0. The molecule has 0 amide bonds. The number of rotatable bonds is 4. The summed E-state index contributed by atoms with van der Waals surface area (Å²) in [5.41, 5.74) is 10.5. The molecule has 1 aromatic rings. The van der Waals surface area contributed by atoms with Crippen LogP contribution in [0.1, 0.15) is 30.8 Å². The van der Waals surface area contributed by atoms with E-state index in [1.165, 1.54) is 17.0 Å². The Morgan fingerprint density at radius 3 is 2.53 bits per heavy atom. The van der Waals surface area contributed by atoms with E-state index >= 15 is 0 Å². The second-order valence-electron chi connectivity index (χ2n) is 4.60. The van der Waals surface area contributed by atoms with E-state index in [1.54, 1.807) is 0 Å². The highest BCUT2D eigenvalue weighted by Crippen LogP contribution is 2.22. The lowest BCUT2D eigenvalue weighted by molar-refractivity contribution is 0.509. The van der Waals surface area contributed by atoms with Gasteiger partial charge in [-0.1, -0.05) is 20.4 Å². The molecule has 1 rings (SSSR count). The lowest BCUT2D eigenvalue weighted by Crippen LogP contribution is -2.08. The Labute approximate surface area is 92.8 Å². The van der Waals surface area contributed by atoms with E-state index in [-0.39, 0.29) is 0 Å². The van der Waals surface area contributed by atoms with Gasteiger partial charge in [0.15, 0.2) is 0 Å². The third-order valence-corrected chi connectivity index (χ3v) is 2.75. The van der Waals surface area contributed by atoms with Crippen molar-refractivity contribution in [3.8, 4) is 0 Å². The van der Waals surface area contributed by atoms with E-state index < -0.39 is 0 Å². The van der Waals surface area contributed by atoms with Gasteiger partial charge in [0.25, 0.3) is 0 Å². The van der Waals surface area contributed by atoms with Gasteiger partial charge in [-0.2, -0.15) is 0 Å². The molecule has 0 aromatic carbocycles. The molecule has 0 aliphatic rings. The lowest BCUT2D eigenvalue weighted by Gasteiger charge is -2.12. The number of nitrogens with zero attached hydrogens (tertiary/aromatic N) is 1. The predicted molar refractivity (Wildman–Crippen MR) is 66.8 cm³/mol. The third-order valence-electron chi connectivity index (χ3n) is 2.75. The molecule has 1 aromatic heterocycles. The van der Waals surface area contributed by atoms with Gasteiger partial charge in [0, 0.05) is 24.5 Å². The van der Waals surface area contributed by atoms with Gasteiger partial charge in [-0.25, -0.2) is 0 Å². The van der Waals surface area contributed by atoms with Crippen LogP contribution < -0.4 is 5.73 Å².